The normalized spacial score (nSPS) is 12.1. The van der Waals surface area contributed by atoms with Crippen LogP contribution in [-0.2, 0) is 11.2 Å². The minimum absolute atomic E-state index is 0.00985. The van der Waals surface area contributed by atoms with Crippen molar-refractivity contribution in [2.45, 2.75) is 58.3 Å². The molecule has 45 heavy (non-hydrogen) atoms. The maximum Gasteiger partial charge on any atom is 0.303 e. The highest BCUT2D eigenvalue weighted by Gasteiger charge is 2.29. The van der Waals surface area contributed by atoms with Crippen LogP contribution < -0.4 is 10.5 Å². The van der Waals surface area contributed by atoms with Gasteiger partial charge in [-0.25, -0.2) is 22.5 Å². The summed E-state index contributed by atoms with van der Waals surface area (Å²) >= 11 is 0. The molecule has 5 N–H and O–H groups in total. The van der Waals surface area contributed by atoms with Crippen molar-refractivity contribution in [1.82, 2.24) is 15.0 Å². The molecular formula is C34H36F4N4O3. The molecular weight excluding hydrogens is 588 g/mol. The van der Waals surface area contributed by atoms with Crippen molar-refractivity contribution < 1.29 is 32.2 Å². The fourth-order valence-electron chi connectivity index (χ4n) is 5.18. The number of aliphatic carboxylic acids is 1. The van der Waals surface area contributed by atoms with Gasteiger partial charge < -0.3 is 25.5 Å². The molecule has 0 fully saturated rings. The molecule has 0 aliphatic rings. The van der Waals surface area contributed by atoms with E-state index in [-0.39, 0.29) is 42.1 Å². The molecule has 1 atom stereocenters. The Hall–Kier alpha value is -4.64. The Morgan fingerprint density at radius 3 is 2.58 bits per heavy atom. The van der Waals surface area contributed by atoms with Gasteiger partial charge in [-0.1, -0.05) is 43.7 Å². The van der Waals surface area contributed by atoms with Gasteiger partial charge in [0.15, 0.2) is 11.6 Å². The topological polar surface area (TPSA) is 117 Å². The number of H-pyrrole nitrogens is 2. The lowest BCUT2D eigenvalue weighted by molar-refractivity contribution is -0.136. The molecule has 0 saturated carbocycles. The number of benzene rings is 3. The summed E-state index contributed by atoms with van der Waals surface area (Å²) in [4.78, 5) is 21.6. The molecule has 1 unspecified atom stereocenters. The Bertz CT molecular complexity index is 1770. The molecule has 11 heteroatoms. The number of carboxylic acids is 1. The number of aryl methyl sites for hydroxylation is 2. The molecule has 0 spiro atoms. The number of halogens is 4. The highest BCUT2D eigenvalue weighted by Crippen LogP contribution is 2.38. The van der Waals surface area contributed by atoms with Gasteiger partial charge in [-0.2, -0.15) is 0 Å². The van der Waals surface area contributed by atoms with Gasteiger partial charge in [-0.3, -0.25) is 4.79 Å². The van der Waals surface area contributed by atoms with Crippen LogP contribution in [0.2, 0.25) is 0 Å². The molecule has 3 aromatic carbocycles. The second-order valence-corrected chi connectivity index (χ2v) is 10.5. The molecule has 5 aromatic rings. The van der Waals surface area contributed by atoms with Crippen molar-refractivity contribution in [3.63, 3.8) is 0 Å². The van der Waals surface area contributed by atoms with Crippen molar-refractivity contribution >= 4 is 16.9 Å². The number of aromatic amines is 2. The van der Waals surface area contributed by atoms with Crippen LogP contribution in [0.25, 0.3) is 22.3 Å². The number of hydrogen-bond donors (Lipinski definition) is 4. The number of rotatable bonds is 12. The van der Waals surface area contributed by atoms with Crippen LogP contribution in [-0.4, -0.2) is 38.5 Å². The van der Waals surface area contributed by atoms with Crippen LogP contribution in [0.1, 0.15) is 61.4 Å². The average molecular weight is 625 g/mol. The second kappa shape index (κ2) is 14.4. The maximum atomic E-state index is 15.2. The summed E-state index contributed by atoms with van der Waals surface area (Å²) < 4.78 is 64.4. The quantitative estimate of drug-likeness (QED) is 0.104. The van der Waals surface area contributed by atoms with Crippen molar-refractivity contribution in [2.75, 3.05) is 6.54 Å². The third kappa shape index (κ3) is 7.91. The third-order valence-electron chi connectivity index (χ3n) is 7.38. The van der Waals surface area contributed by atoms with Crippen LogP contribution >= 0.6 is 0 Å². The lowest BCUT2D eigenvalue weighted by Crippen LogP contribution is -2.28. The zero-order valence-corrected chi connectivity index (χ0v) is 25.3. The smallest absolute Gasteiger partial charge is 0.303 e. The van der Waals surface area contributed by atoms with E-state index in [1.165, 1.54) is 24.4 Å². The monoisotopic (exact) mass is 624 g/mol. The van der Waals surface area contributed by atoms with Crippen LogP contribution in [0, 0.1) is 18.6 Å². The van der Waals surface area contributed by atoms with E-state index in [0.29, 0.717) is 22.2 Å². The minimum Gasteiger partial charge on any atom is -0.481 e. The average Bonchev–Trinajstić information content (AvgIpc) is 3.69. The number of alkyl halides is 2. The first-order chi connectivity index (χ1) is 21.5. The summed E-state index contributed by atoms with van der Waals surface area (Å²) in [7, 11) is 0. The number of aromatic nitrogens is 3. The molecule has 238 valence electrons. The van der Waals surface area contributed by atoms with Crippen molar-refractivity contribution in [3.05, 3.63) is 101 Å². The predicted octanol–water partition coefficient (Wildman–Crippen LogP) is 8.49. The zero-order chi connectivity index (χ0) is 32.7. The lowest BCUT2D eigenvalue weighted by Gasteiger charge is -2.20. The number of nitrogens with zero attached hydrogens (tertiary/aromatic N) is 1. The van der Waals surface area contributed by atoms with E-state index in [2.05, 4.69) is 15.0 Å². The molecule has 7 nitrogen and oxygen atoms in total. The molecule has 0 aliphatic heterocycles. The summed E-state index contributed by atoms with van der Waals surface area (Å²) in [5.41, 5.74) is 8.39. The number of nitrogens with two attached hydrogens (primary N) is 1. The first kappa shape index (κ1) is 33.3. The molecule has 0 amide bonds. The molecule has 0 bridgehead atoms. The van der Waals surface area contributed by atoms with Gasteiger partial charge in [-0.05, 0) is 49.6 Å². The molecule has 0 radical (unpaired) electrons. The van der Waals surface area contributed by atoms with Crippen molar-refractivity contribution in [1.29, 1.82) is 0 Å². The Labute approximate surface area is 258 Å². The minimum atomic E-state index is -3.04. The molecule has 0 aliphatic carbocycles. The van der Waals surface area contributed by atoms with Crippen molar-refractivity contribution in [3.8, 4) is 22.9 Å². The van der Waals surface area contributed by atoms with Gasteiger partial charge >= 0.3 is 5.97 Å². The number of hydrogen-bond acceptors (Lipinski definition) is 4. The van der Waals surface area contributed by atoms with E-state index in [0.717, 1.165) is 17.2 Å². The molecule has 2 heterocycles. The standard InChI is InChI=1S/C32H30F4N4O3.C2H6/c1-18-3-2-4-19(13-18)21(9-11-32(35,36)17-37)28-16-39-31(40-28)24-14-20(5-7-25(24)33)43-30-23(6-8-29(41)42)22-10-12-38-27(22)15-26(30)34;1-2/h2-5,7,10,12-16,21,38H,6,8-9,11,17,37H2,1H3,(H,39,40)(H,41,42);1-2H3. The maximum absolute atomic E-state index is 15.2. The Morgan fingerprint density at radius 1 is 1.09 bits per heavy atom. The van der Waals surface area contributed by atoms with Gasteiger partial charge in [-0.15, -0.1) is 0 Å². The summed E-state index contributed by atoms with van der Waals surface area (Å²) in [5.74, 6) is -5.85. The van der Waals surface area contributed by atoms with Crippen molar-refractivity contribution in [2.24, 2.45) is 5.73 Å². The van der Waals surface area contributed by atoms with Gasteiger partial charge in [0, 0.05) is 59.4 Å². The summed E-state index contributed by atoms with van der Waals surface area (Å²) in [5, 5.41) is 9.83. The van der Waals surface area contributed by atoms with Gasteiger partial charge in [0.1, 0.15) is 17.4 Å². The lowest BCUT2D eigenvalue weighted by atomic mass is 9.89. The van der Waals surface area contributed by atoms with E-state index in [1.807, 2.05) is 45.0 Å². The van der Waals surface area contributed by atoms with E-state index in [4.69, 9.17) is 10.5 Å². The number of ether oxygens (including phenoxy) is 1. The first-order valence-corrected chi connectivity index (χ1v) is 14.7. The summed E-state index contributed by atoms with van der Waals surface area (Å²) in [6, 6.07) is 14.3. The molecule has 5 rings (SSSR count). The van der Waals surface area contributed by atoms with Crippen LogP contribution in [0.4, 0.5) is 17.6 Å². The highest BCUT2D eigenvalue weighted by molar-refractivity contribution is 5.86. The number of carboxylic acid groups (broad SMARTS) is 1. The first-order valence-electron chi connectivity index (χ1n) is 14.7. The molecule has 2 aromatic heterocycles. The van der Waals surface area contributed by atoms with Gasteiger partial charge in [0.2, 0.25) is 0 Å². The van der Waals surface area contributed by atoms with E-state index in [1.54, 1.807) is 12.3 Å². The fourth-order valence-corrected chi connectivity index (χ4v) is 5.18. The Kier molecular flexibility index (Phi) is 10.7. The summed E-state index contributed by atoms with van der Waals surface area (Å²) in [6.45, 7) is 5.13. The van der Waals surface area contributed by atoms with Crippen LogP contribution in [0.3, 0.4) is 0 Å². The number of imidazole rings is 1. The Morgan fingerprint density at radius 2 is 1.87 bits per heavy atom. The van der Waals surface area contributed by atoms with Gasteiger partial charge in [0.25, 0.3) is 5.92 Å². The highest BCUT2D eigenvalue weighted by atomic mass is 19.3. The van der Waals surface area contributed by atoms with Crippen LogP contribution in [0.15, 0.2) is 67.0 Å². The number of fused-ring (bicyclic) bond motifs is 1. The summed E-state index contributed by atoms with van der Waals surface area (Å²) in [6.07, 6.45) is 2.48. The van der Waals surface area contributed by atoms with E-state index in [9.17, 15) is 18.7 Å². The Balaban J connectivity index is 0.00000226. The predicted molar refractivity (Wildman–Crippen MR) is 166 cm³/mol. The van der Waals surface area contributed by atoms with E-state index >= 15 is 8.78 Å². The number of nitrogens with one attached hydrogen (secondary N) is 2. The zero-order valence-electron chi connectivity index (χ0n) is 25.3. The third-order valence-corrected chi connectivity index (χ3v) is 7.38. The largest absolute Gasteiger partial charge is 0.481 e. The van der Waals surface area contributed by atoms with E-state index < -0.39 is 42.4 Å². The molecule has 0 saturated heterocycles. The number of carbonyl (C=O) groups is 1. The van der Waals surface area contributed by atoms with Gasteiger partial charge in [0.05, 0.1) is 12.1 Å². The SMILES string of the molecule is CC.Cc1cccc(C(CCC(F)(F)CN)c2cnc(-c3cc(Oc4c(F)cc5[nH]ccc5c4CCC(=O)O)ccc3F)[nH]2)c1. The second-order valence-electron chi connectivity index (χ2n) is 10.5. The van der Waals surface area contributed by atoms with Crippen LogP contribution in [0.5, 0.6) is 11.5 Å². The fraction of sp³-hybridized carbons (Fsp3) is 0.294.